The van der Waals surface area contributed by atoms with Crippen molar-refractivity contribution >= 4 is 52.2 Å². The average Bonchev–Trinajstić information content (AvgIpc) is 2.88. The van der Waals surface area contributed by atoms with Gasteiger partial charge in [-0.1, -0.05) is 0 Å². The Morgan fingerprint density at radius 1 is 1.22 bits per heavy atom. The Morgan fingerprint density at radius 3 is 2.74 bits per heavy atom. The van der Waals surface area contributed by atoms with Crippen LogP contribution in [0.2, 0.25) is 0 Å². The molecule has 0 aliphatic rings. The summed E-state index contributed by atoms with van der Waals surface area (Å²) in [5, 5.41) is 3.31. The highest BCUT2D eigenvalue weighted by molar-refractivity contribution is 7.19. The summed E-state index contributed by atoms with van der Waals surface area (Å²) in [7, 11) is 0. The molecule has 0 spiro atoms. The minimum atomic E-state index is 0. The monoisotopic (exact) mass is 372 g/mol. The molecule has 0 saturated carbocycles. The zero-order valence-corrected chi connectivity index (χ0v) is 14.9. The third-order valence-electron chi connectivity index (χ3n) is 2.97. The van der Waals surface area contributed by atoms with Crippen LogP contribution in [0.5, 0.6) is 0 Å². The molecule has 0 bridgehead atoms. The van der Waals surface area contributed by atoms with Gasteiger partial charge in [0.25, 0.3) is 0 Å². The Balaban J connectivity index is 0.00000132. The van der Waals surface area contributed by atoms with Crippen LogP contribution >= 0.6 is 36.2 Å². The first kappa shape index (κ1) is 19.5. The summed E-state index contributed by atoms with van der Waals surface area (Å²) in [6.45, 7) is 2.61. The highest BCUT2D eigenvalue weighted by atomic mass is 35.5. The van der Waals surface area contributed by atoms with Crippen LogP contribution in [0, 0.1) is 0 Å². The van der Waals surface area contributed by atoms with Gasteiger partial charge in [0.15, 0.2) is 0 Å². The number of thiophene rings is 1. The predicted octanol–water partition coefficient (Wildman–Crippen LogP) is 2.83. The quantitative estimate of drug-likeness (QED) is 0.715. The Labute approximate surface area is 150 Å². The summed E-state index contributed by atoms with van der Waals surface area (Å²) in [5.41, 5.74) is 7.73. The third-order valence-corrected chi connectivity index (χ3v) is 4.12. The van der Waals surface area contributed by atoms with Gasteiger partial charge in [0.1, 0.15) is 18.5 Å². The maximum atomic E-state index is 5.86. The highest BCUT2D eigenvalue weighted by Crippen LogP contribution is 2.29. The number of anilines is 1. The highest BCUT2D eigenvalue weighted by Gasteiger charge is 2.10. The number of aromatic nitrogens is 4. The zero-order valence-electron chi connectivity index (χ0n) is 12.5. The fourth-order valence-corrected chi connectivity index (χ4v) is 3.26. The summed E-state index contributed by atoms with van der Waals surface area (Å²) < 4.78 is 1.06. The van der Waals surface area contributed by atoms with Crippen molar-refractivity contribution in [3.8, 4) is 0 Å². The van der Waals surface area contributed by atoms with Crippen LogP contribution in [0.4, 0.5) is 5.82 Å². The molecular formula is C14H18Cl2N6S. The first-order valence-electron chi connectivity index (χ1n) is 6.70. The lowest BCUT2D eigenvalue weighted by Gasteiger charge is -2.05. The van der Waals surface area contributed by atoms with Crippen LogP contribution in [-0.4, -0.2) is 26.0 Å². The molecule has 124 valence electrons. The van der Waals surface area contributed by atoms with Crippen molar-refractivity contribution < 1.29 is 0 Å². The van der Waals surface area contributed by atoms with Crippen molar-refractivity contribution in [1.29, 1.82) is 0 Å². The zero-order chi connectivity index (χ0) is 14.7. The van der Waals surface area contributed by atoms with Gasteiger partial charge in [-0.05, 0) is 25.5 Å². The van der Waals surface area contributed by atoms with E-state index in [-0.39, 0.29) is 30.9 Å². The standard InChI is InChI=1S/C14H16N6S.2ClH/c1-9(15)4-11-5-12-13(21-11)14(20-8-19-12)17-6-10-2-3-16-7-18-10;;/h2-3,5,7-9H,4,6,15H2,1H3,(H,17,19,20);2*1H/t9-;;/m0../s1. The van der Waals surface area contributed by atoms with Gasteiger partial charge >= 0.3 is 0 Å². The molecule has 1 atom stereocenters. The van der Waals surface area contributed by atoms with Crippen LogP contribution in [0.25, 0.3) is 10.2 Å². The molecule has 0 aliphatic heterocycles. The van der Waals surface area contributed by atoms with Gasteiger partial charge in [-0.25, -0.2) is 19.9 Å². The van der Waals surface area contributed by atoms with E-state index in [4.69, 9.17) is 5.73 Å². The summed E-state index contributed by atoms with van der Waals surface area (Å²) in [6, 6.07) is 4.10. The van der Waals surface area contributed by atoms with Crippen molar-refractivity contribution in [3.63, 3.8) is 0 Å². The molecule has 0 amide bonds. The van der Waals surface area contributed by atoms with E-state index in [0.29, 0.717) is 6.54 Å². The summed E-state index contributed by atoms with van der Waals surface area (Å²) in [5.74, 6) is 0.833. The van der Waals surface area contributed by atoms with E-state index in [9.17, 15) is 0 Å². The molecule has 3 heterocycles. The fraction of sp³-hybridized carbons (Fsp3) is 0.286. The second-order valence-electron chi connectivity index (χ2n) is 4.89. The fourth-order valence-electron chi connectivity index (χ4n) is 2.04. The smallest absolute Gasteiger partial charge is 0.147 e. The number of rotatable bonds is 5. The maximum Gasteiger partial charge on any atom is 0.147 e. The van der Waals surface area contributed by atoms with Crippen LogP contribution in [0.15, 0.2) is 31.0 Å². The SMILES string of the molecule is C[C@H](N)Cc1cc2ncnc(NCc3ccncn3)c2s1.Cl.Cl. The number of fused-ring (bicyclic) bond motifs is 1. The van der Waals surface area contributed by atoms with E-state index in [1.807, 2.05) is 13.0 Å². The molecule has 0 radical (unpaired) electrons. The first-order valence-corrected chi connectivity index (χ1v) is 7.52. The molecule has 0 fully saturated rings. The van der Waals surface area contributed by atoms with E-state index in [0.717, 1.165) is 28.1 Å². The number of halogens is 2. The lowest BCUT2D eigenvalue weighted by molar-refractivity contribution is 0.747. The van der Waals surface area contributed by atoms with Gasteiger partial charge in [-0.3, -0.25) is 0 Å². The minimum absolute atomic E-state index is 0. The van der Waals surface area contributed by atoms with E-state index < -0.39 is 0 Å². The van der Waals surface area contributed by atoms with Gasteiger partial charge < -0.3 is 11.1 Å². The van der Waals surface area contributed by atoms with Gasteiger partial charge in [-0.15, -0.1) is 36.2 Å². The number of nitrogens with two attached hydrogens (primary N) is 1. The molecule has 6 nitrogen and oxygen atoms in total. The van der Waals surface area contributed by atoms with E-state index in [1.165, 1.54) is 4.88 Å². The summed E-state index contributed by atoms with van der Waals surface area (Å²) in [4.78, 5) is 18.0. The molecule has 9 heteroatoms. The Kier molecular flexibility index (Phi) is 7.57. The molecule has 23 heavy (non-hydrogen) atoms. The van der Waals surface area contributed by atoms with E-state index >= 15 is 0 Å². The van der Waals surface area contributed by atoms with Crippen molar-refractivity contribution in [2.75, 3.05) is 5.32 Å². The van der Waals surface area contributed by atoms with Gasteiger partial charge in [-0.2, -0.15) is 0 Å². The summed E-state index contributed by atoms with van der Waals surface area (Å²) >= 11 is 1.69. The summed E-state index contributed by atoms with van der Waals surface area (Å²) in [6.07, 6.45) is 5.70. The average molecular weight is 373 g/mol. The molecule has 3 aromatic rings. The lowest BCUT2D eigenvalue weighted by atomic mass is 10.2. The predicted molar refractivity (Wildman–Crippen MR) is 98.6 cm³/mol. The largest absolute Gasteiger partial charge is 0.363 e. The van der Waals surface area contributed by atoms with Crippen molar-refractivity contribution in [2.24, 2.45) is 5.73 Å². The number of nitrogens with zero attached hydrogens (tertiary/aromatic N) is 4. The normalized spacial score (nSPS) is 11.4. The molecular weight excluding hydrogens is 355 g/mol. The molecule has 0 aromatic carbocycles. The van der Waals surface area contributed by atoms with E-state index in [1.54, 1.807) is 30.2 Å². The topological polar surface area (TPSA) is 89.6 Å². The molecule has 3 N–H and O–H groups in total. The third kappa shape index (κ3) is 4.97. The van der Waals surface area contributed by atoms with Crippen molar-refractivity contribution in [1.82, 2.24) is 19.9 Å². The first-order chi connectivity index (χ1) is 10.2. The van der Waals surface area contributed by atoms with Gasteiger partial charge in [0.05, 0.1) is 22.5 Å². The number of nitrogens with one attached hydrogen (secondary N) is 1. The minimum Gasteiger partial charge on any atom is -0.363 e. The van der Waals surface area contributed by atoms with E-state index in [2.05, 4.69) is 31.3 Å². The maximum absolute atomic E-state index is 5.86. The Bertz CT molecular complexity index is 734. The van der Waals surface area contributed by atoms with Crippen LogP contribution in [0.1, 0.15) is 17.5 Å². The van der Waals surface area contributed by atoms with Crippen LogP contribution < -0.4 is 11.1 Å². The Morgan fingerprint density at radius 2 is 2.04 bits per heavy atom. The van der Waals surface area contributed by atoms with Crippen molar-refractivity contribution in [3.05, 3.63) is 41.6 Å². The molecule has 3 aromatic heterocycles. The van der Waals surface area contributed by atoms with Gasteiger partial charge in [0, 0.05) is 17.1 Å². The van der Waals surface area contributed by atoms with Crippen LogP contribution in [0.3, 0.4) is 0 Å². The van der Waals surface area contributed by atoms with Gasteiger partial charge in [0.2, 0.25) is 0 Å². The second-order valence-corrected chi connectivity index (χ2v) is 6.02. The number of hydrogen-bond acceptors (Lipinski definition) is 7. The molecule has 0 saturated heterocycles. The van der Waals surface area contributed by atoms with Crippen molar-refractivity contribution in [2.45, 2.75) is 25.9 Å². The molecule has 3 rings (SSSR count). The molecule has 0 unspecified atom stereocenters. The molecule has 0 aliphatic carbocycles. The van der Waals surface area contributed by atoms with Crippen LogP contribution in [-0.2, 0) is 13.0 Å². The Hall–Kier alpha value is -1.54. The second kappa shape index (κ2) is 8.93. The number of hydrogen-bond donors (Lipinski definition) is 2. The lowest BCUT2D eigenvalue weighted by Crippen LogP contribution is -2.16.